The van der Waals surface area contributed by atoms with Gasteiger partial charge in [0.05, 0.1) is 19.9 Å². The number of nitrogens with one attached hydrogen (secondary N) is 1. The highest BCUT2D eigenvalue weighted by atomic mass is 16.5. The Balaban J connectivity index is 2.15. The Morgan fingerprint density at radius 3 is 2.84 bits per heavy atom. The molecule has 1 unspecified atom stereocenters. The highest BCUT2D eigenvalue weighted by Crippen LogP contribution is 2.20. The van der Waals surface area contributed by atoms with Gasteiger partial charge >= 0.3 is 0 Å². The normalized spacial score (nSPS) is 12.4. The zero-order valence-electron chi connectivity index (χ0n) is 11.8. The Bertz CT molecular complexity index is 518. The molecule has 102 valence electrons. The Morgan fingerprint density at radius 1 is 1.37 bits per heavy atom. The van der Waals surface area contributed by atoms with Gasteiger partial charge in [0.15, 0.2) is 0 Å². The molecule has 1 atom stereocenters. The third-order valence-electron chi connectivity index (χ3n) is 3.34. The van der Waals surface area contributed by atoms with Crippen LogP contribution < -0.4 is 10.1 Å². The first-order valence-corrected chi connectivity index (χ1v) is 6.60. The molecule has 1 heterocycles. The first kappa shape index (κ1) is 13.6. The van der Waals surface area contributed by atoms with Crippen molar-refractivity contribution in [2.24, 2.45) is 0 Å². The standard InChI is InChI=1S/C15H21N3O/c1-4-14(16-2)13-9-17-18(11-13)10-12-7-5-6-8-15(12)19-3/h5-9,11,14,16H,4,10H2,1-3H3. The molecular formula is C15H21N3O. The fraction of sp³-hybridized carbons (Fsp3) is 0.400. The number of methoxy groups -OCH3 is 1. The lowest BCUT2D eigenvalue weighted by molar-refractivity contribution is 0.407. The van der Waals surface area contributed by atoms with Crippen LogP contribution >= 0.6 is 0 Å². The van der Waals surface area contributed by atoms with Gasteiger partial charge in [0.25, 0.3) is 0 Å². The van der Waals surface area contributed by atoms with Gasteiger partial charge in [0.1, 0.15) is 5.75 Å². The second-order valence-corrected chi connectivity index (χ2v) is 4.53. The molecule has 2 aromatic rings. The molecule has 1 N–H and O–H groups in total. The van der Waals surface area contributed by atoms with Crippen LogP contribution in [-0.2, 0) is 6.54 Å². The highest BCUT2D eigenvalue weighted by Gasteiger charge is 2.10. The molecule has 4 heteroatoms. The van der Waals surface area contributed by atoms with E-state index >= 15 is 0 Å². The van der Waals surface area contributed by atoms with E-state index in [0.717, 1.165) is 24.3 Å². The fourth-order valence-electron chi connectivity index (χ4n) is 2.26. The van der Waals surface area contributed by atoms with E-state index in [1.54, 1.807) is 7.11 Å². The average Bonchev–Trinajstić information content (AvgIpc) is 2.89. The lowest BCUT2D eigenvalue weighted by Gasteiger charge is -2.11. The summed E-state index contributed by atoms with van der Waals surface area (Å²) >= 11 is 0. The quantitative estimate of drug-likeness (QED) is 0.866. The molecule has 0 fully saturated rings. The number of rotatable bonds is 6. The van der Waals surface area contributed by atoms with Crippen LogP contribution in [0.2, 0.25) is 0 Å². The number of nitrogens with zero attached hydrogens (tertiary/aromatic N) is 2. The molecule has 0 saturated heterocycles. The molecular weight excluding hydrogens is 238 g/mol. The maximum Gasteiger partial charge on any atom is 0.123 e. The molecule has 19 heavy (non-hydrogen) atoms. The Morgan fingerprint density at radius 2 is 2.16 bits per heavy atom. The fourth-order valence-corrected chi connectivity index (χ4v) is 2.26. The number of aromatic nitrogens is 2. The van der Waals surface area contributed by atoms with Crippen molar-refractivity contribution >= 4 is 0 Å². The highest BCUT2D eigenvalue weighted by molar-refractivity contribution is 5.33. The lowest BCUT2D eigenvalue weighted by Crippen LogP contribution is -2.14. The van der Waals surface area contributed by atoms with Crippen molar-refractivity contribution in [3.05, 3.63) is 47.8 Å². The summed E-state index contributed by atoms with van der Waals surface area (Å²) in [7, 11) is 3.67. The maximum atomic E-state index is 5.36. The van der Waals surface area contributed by atoms with Gasteiger partial charge in [-0.15, -0.1) is 0 Å². The SMILES string of the molecule is CCC(NC)c1cnn(Cc2ccccc2OC)c1. The third kappa shape index (κ3) is 3.15. The second-order valence-electron chi connectivity index (χ2n) is 4.53. The maximum absolute atomic E-state index is 5.36. The van der Waals surface area contributed by atoms with Crippen LogP contribution in [0.5, 0.6) is 5.75 Å². The van der Waals surface area contributed by atoms with Gasteiger partial charge in [0.2, 0.25) is 0 Å². The smallest absolute Gasteiger partial charge is 0.123 e. The molecule has 0 aliphatic rings. The van der Waals surface area contributed by atoms with Gasteiger partial charge < -0.3 is 10.1 Å². The Hall–Kier alpha value is -1.81. The van der Waals surface area contributed by atoms with Gasteiger partial charge in [0, 0.05) is 23.4 Å². The van der Waals surface area contributed by atoms with E-state index in [9.17, 15) is 0 Å². The van der Waals surface area contributed by atoms with E-state index in [4.69, 9.17) is 4.74 Å². The summed E-state index contributed by atoms with van der Waals surface area (Å²) < 4.78 is 7.31. The zero-order valence-corrected chi connectivity index (χ0v) is 11.8. The minimum absolute atomic E-state index is 0.367. The van der Waals surface area contributed by atoms with Crippen molar-refractivity contribution < 1.29 is 4.74 Å². The first-order chi connectivity index (χ1) is 9.28. The van der Waals surface area contributed by atoms with Gasteiger partial charge in [-0.1, -0.05) is 25.1 Å². The van der Waals surface area contributed by atoms with Crippen molar-refractivity contribution in [3.8, 4) is 5.75 Å². The van der Waals surface area contributed by atoms with Crippen LogP contribution in [0.15, 0.2) is 36.7 Å². The van der Waals surface area contributed by atoms with E-state index in [0.29, 0.717) is 6.04 Å². The molecule has 1 aromatic carbocycles. The summed E-state index contributed by atoms with van der Waals surface area (Å²) in [5.74, 6) is 0.903. The molecule has 4 nitrogen and oxygen atoms in total. The van der Waals surface area contributed by atoms with E-state index < -0.39 is 0 Å². The molecule has 0 bridgehead atoms. The van der Waals surface area contributed by atoms with Gasteiger partial charge in [-0.3, -0.25) is 4.68 Å². The van der Waals surface area contributed by atoms with Crippen molar-refractivity contribution in [1.29, 1.82) is 0 Å². The van der Waals surface area contributed by atoms with Gasteiger partial charge in [-0.2, -0.15) is 5.10 Å². The minimum Gasteiger partial charge on any atom is -0.496 e. The number of hydrogen-bond acceptors (Lipinski definition) is 3. The average molecular weight is 259 g/mol. The number of ether oxygens (including phenoxy) is 1. The summed E-state index contributed by atoms with van der Waals surface area (Å²) in [6.07, 6.45) is 5.08. The number of para-hydroxylation sites is 1. The van der Waals surface area contributed by atoms with E-state index in [-0.39, 0.29) is 0 Å². The predicted octanol–water partition coefficient (Wildman–Crippen LogP) is 2.61. The van der Waals surface area contributed by atoms with Gasteiger partial charge in [-0.05, 0) is 19.5 Å². The summed E-state index contributed by atoms with van der Waals surface area (Å²) in [6.45, 7) is 2.89. The number of hydrogen-bond donors (Lipinski definition) is 1. The van der Waals surface area contributed by atoms with Crippen molar-refractivity contribution in [2.75, 3.05) is 14.2 Å². The van der Waals surface area contributed by atoms with E-state index in [1.807, 2.05) is 36.1 Å². The second kappa shape index (κ2) is 6.38. The molecule has 2 rings (SSSR count). The van der Waals surface area contributed by atoms with Crippen LogP contribution in [-0.4, -0.2) is 23.9 Å². The van der Waals surface area contributed by atoms with Crippen LogP contribution in [0.25, 0.3) is 0 Å². The minimum atomic E-state index is 0.367. The Labute approximate surface area is 114 Å². The topological polar surface area (TPSA) is 39.1 Å². The molecule has 0 spiro atoms. The van der Waals surface area contributed by atoms with Crippen LogP contribution in [0.4, 0.5) is 0 Å². The molecule has 0 amide bonds. The summed E-state index contributed by atoms with van der Waals surface area (Å²) in [5.41, 5.74) is 2.36. The van der Waals surface area contributed by atoms with Crippen LogP contribution in [0.3, 0.4) is 0 Å². The predicted molar refractivity (Wildman–Crippen MR) is 76.4 cm³/mol. The molecule has 0 radical (unpaired) electrons. The Kier molecular flexibility index (Phi) is 4.58. The largest absolute Gasteiger partial charge is 0.496 e. The molecule has 0 aliphatic carbocycles. The molecule has 0 aliphatic heterocycles. The third-order valence-corrected chi connectivity index (χ3v) is 3.34. The first-order valence-electron chi connectivity index (χ1n) is 6.60. The summed E-state index contributed by atoms with van der Waals surface area (Å²) in [4.78, 5) is 0. The van der Waals surface area contributed by atoms with E-state index in [1.165, 1.54) is 5.56 Å². The van der Waals surface area contributed by atoms with Crippen molar-refractivity contribution in [1.82, 2.24) is 15.1 Å². The lowest BCUT2D eigenvalue weighted by atomic mass is 10.1. The number of benzene rings is 1. The van der Waals surface area contributed by atoms with Crippen LogP contribution in [0, 0.1) is 0 Å². The monoisotopic (exact) mass is 259 g/mol. The van der Waals surface area contributed by atoms with E-state index in [2.05, 4.69) is 29.6 Å². The van der Waals surface area contributed by atoms with Crippen molar-refractivity contribution in [2.45, 2.75) is 25.9 Å². The van der Waals surface area contributed by atoms with Crippen LogP contribution in [0.1, 0.15) is 30.5 Å². The van der Waals surface area contributed by atoms with Gasteiger partial charge in [-0.25, -0.2) is 0 Å². The zero-order chi connectivity index (χ0) is 13.7. The van der Waals surface area contributed by atoms with Crippen molar-refractivity contribution in [3.63, 3.8) is 0 Å². The molecule has 1 aromatic heterocycles. The molecule has 0 saturated carbocycles. The summed E-state index contributed by atoms with van der Waals surface area (Å²) in [6, 6.07) is 8.40. The summed E-state index contributed by atoms with van der Waals surface area (Å²) in [5, 5.41) is 7.71.